The molecule has 2 unspecified atom stereocenters. The Balaban J connectivity index is 2.70. The number of aliphatic hydroxyl groups is 3. The Bertz CT molecular complexity index is 268. The largest absolute Gasteiger partial charge is 0.390 e. The highest BCUT2D eigenvalue weighted by atomic mass is 79.9. The number of hydrogen-bond donors (Lipinski definition) is 3. The van der Waals surface area contributed by atoms with Gasteiger partial charge in [0, 0.05) is 10.7 Å². The molecule has 0 bridgehead atoms. The number of hydrogen-bond acceptors (Lipinski definition) is 5. The van der Waals surface area contributed by atoms with E-state index in [0.717, 1.165) is 0 Å². The normalized spacial score (nSPS) is 15.7. The van der Waals surface area contributed by atoms with Crippen molar-refractivity contribution < 1.29 is 15.3 Å². The molecule has 4 nitrogen and oxygen atoms in total. The van der Waals surface area contributed by atoms with Crippen LogP contribution in [0.4, 0.5) is 0 Å². The molecule has 1 rings (SSSR count). The molecule has 1 heterocycles. The molecular formula is C7H10BrNO3S. The zero-order chi connectivity index (χ0) is 9.84. The number of halogens is 1. The molecule has 0 aromatic carbocycles. The van der Waals surface area contributed by atoms with E-state index in [1.807, 2.05) is 0 Å². The molecule has 0 saturated heterocycles. The Morgan fingerprint density at radius 1 is 1.54 bits per heavy atom. The van der Waals surface area contributed by atoms with Gasteiger partial charge in [0.2, 0.25) is 0 Å². The summed E-state index contributed by atoms with van der Waals surface area (Å²) in [4.78, 5) is 3.94. The van der Waals surface area contributed by atoms with Crippen LogP contribution in [0.15, 0.2) is 5.38 Å². The summed E-state index contributed by atoms with van der Waals surface area (Å²) in [5.41, 5.74) is 0.515. The predicted molar refractivity (Wildman–Crippen MR) is 52.8 cm³/mol. The summed E-state index contributed by atoms with van der Waals surface area (Å²) in [7, 11) is 0. The third kappa shape index (κ3) is 2.72. The van der Waals surface area contributed by atoms with Crippen molar-refractivity contribution in [3.8, 4) is 0 Å². The molecule has 74 valence electrons. The van der Waals surface area contributed by atoms with Crippen LogP contribution >= 0.6 is 27.3 Å². The SMILES string of the molecule is OCc1csc(C(O)C(O)CBr)n1. The summed E-state index contributed by atoms with van der Waals surface area (Å²) in [5, 5.41) is 29.8. The highest BCUT2D eigenvalue weighted by Gasteiger charge is 2.20. The second-order valence-electron chi connectivity index (χ2n) is 2.50. The van der Waals surface area contributed by atoms with Crippen molar-refractivity contribution in [3.63, 3.8) is 0 Å². The van der Waals surface area contributed by atoms with Crippen molar-refractivity contribution in [1.29, 1.82) is 0 Å². The molecule has 0 radical (unpaired) electrons. The lowest BCUT2D eigenvalue weighted by Crippen LogP contribution is -2.19. The first-order chi connectivity index (χ1) is 6.19. The fraction of sp³-hybridized carbons (Fsp3) is 0.571. The molecule has 0 aliphatic carbocycles. The third-order valence-electron chi connectivity index (χ3n) is 1.51. The van der Waals surface area contributed by atoms with Gasteiger partial charge in [-0.1, -0.05) is 15.9 Å². The van der Waals surface area contributed by atoms with Gasteiger partial charge in [0.25, 0.3) is 0 Å². The first kappa shape index (κ1) is 11.1. The van der Waals surface area contributed by atoms with Crippen molar-refractivity contribution in [2.45, 2.75) is 18.8 Å². The van der Waals surface area contributed by atoms with E-state index in [9.17, 15) is 10.2 Å². The molecule has 0 spiro atoms. The number of rotatable bonds is 4. The summed E-state index contributed by atoms with van der Waals surface area (Å²) in [5.74, 6) is 0. The van der Waals surface area contributed by atoms with E-state index >= 15 is 0 Å². The van der Waals surface area contributed by atoms with E-state index in [4.69, 9.17) is 5.11 Å². The minimum absolute atomic E-state index is 0.145. The summed E-state index contributed by atoms with van der Waals surface area (Å²) >= 11 is 4.28. The van der Waals surface area contributed by atoms with Crippen molar-refractivity contribution in [1.82, 2.24) is 4.98 Å². The van der Waals surface area contributed by atoms with Crippen LogP contribution in [0.2, 0.25) is 0 Å². The second-order valence-corrected chi connectivity index (χ2v) is 4.04. The topological polar surface area (TPSA) is 73.6 Å². The van der Waals surface area contributed by atoms with E-state index < -0.39 is 12.2 Å². The van der Waals surface area contributed by atoms with E-state index in [1.54, 1.807) is 5.38 Å². The molecule has 2 atom stereocenters. The molecule has 0 saturated carbocycles. The maximum atomic E-state index is 9.48. The van der Waals surface area contributed by atoms with Crippen LogP contribution in [0, 0.1) is 0 Å². The zero-order valence-corrected chi connectivity index (χ0v) is 9.12. The van der Waals surface area contributed by atoms with Gasteiger partial charge in [-0.3, -0.25) is 0 Å². The Morgan fingerprint density at radius 3 is 2.69 bits per heavy atom. The molecule has 1 aromatic heterocycles. The standard InChI is InChI=1S/C7H10BrNO3S/c8-1-5(11)6(12)7-9-4(2-10)3-13-7/h3,5-6,10-12H,1-2H2. The summed E-state index contributed by atoms with van der Waals surface area (Å²) < 4.78 is 0. The fourth-order valence-corrected chi connectivity index (χ4v) is 1.98. The average Bonchev–Trinajstić information content (AvgIpc) is 2.63. The number of nitrogens with zero attached hydrogens (tertiary/aromatic N) is 1. The molecule has 0 aliphatic heterocycles. The summed E-state index contributed by atoms with van der Waals surface area (Å²) in [6.45, 7) is -0.145. The molecule has 1 aromatic rings. The van der Waals surface area contributed by atoms with Gasteiger partial charge in [0.15, 0.2) is 0 Å². The molecule has 13 heavy (non-hydrogen) atoms. The van der Waals surface area contributed by atoms with Crippen LogP contribution in [0.5, 0.6) is 0 Å². The fourth-order valence-electron chi connectivity index (χ4n) is 0.780. The molecule has 0 amide bonds. The van der Waals surface area contributed by atoms with Crippen molar-refractivity contribution in [2.24, 2.45) is 0 Å². The average molecular weight is 268 g/mol. The Labute approximate surface area is 88.0 Å². The third-order valence-corrected chi connectivity index (χ3v) is 3.13. The summed E-state index contributed by atoms with van der Waals surface area (Å²) in [6.07, 6.45) is -1.85. The lowest BCUT2D eigenvalue weighted by Gasteiger charge is -2.11. The maximum Gasteiger partial charge on any atom is 0.132 e. The number of alkyl halides is 1. The summed E-state index contributed by atoms with van der Waals surface area (Å²) in [6, 6.07) is 0. The monoisotopic (exact) mass is 267 g/mol. The molecule has 0 fully saturated rings. The van der Waals surface area contributed by atoms with Crippen LogP contribution in [0.3, 0.4) is 0 Å². The van der Waals surface area contributed by atoms with E-state index in [-0.39, 0.29) is 6.61 Å². The Hall–Kier alpha value is -0.0100. The van der Waals surface area contributed by atoms with Crippen molar-refractivity contribution in [3.05, 3.63) is 16.1 Å². The Kier molecular flexibility index (Phi) is 4.27. The van der Waals surface area contributed by atoms with E-state index in [1.165, 1.54) is 11.3 Å². The smallest absolute Gasteiger partial charge is 0.132 e. The minimum Gasteiger partial charge on any atom is -0.390 e. The lowest BCUT2D eigenvalue weighted by atomic mass is 10.2. The van der Waals surface area contributed by atoms with Gasteiger partial charge in [-0.15, -0.1) is 11.3 Å². The number of aromatic nitrogens is 1. The first-order valence-corrected chi connectivity index (χ1v) is 5.66. The second kappa shape index (κ2) is 5.02. The quantitative estimate of drug-likeness (QED) is 0.692. The molecule has 3 N–H and O–H groups in total. The van der Waals surface area contributed by atoms with Gasteiger partial charge in [0.1, 0.15) is 11.1 Å². The van der Waals surface area contributed by atoms with E-state index in [0.29, 0.717) is 16.0 Å². The van der Waals surface area contributed by atoms with Crippen molar-refractivity contribution in [2.75, 3.05) is 5.33 Å². The molecule has 0 aliphatic rings. The van der Waals surface area contributed by atoms with Gasteiger partial charge >= 0.3 is 0 Å². The van der Waals surface area contributed by atoms with Crippen LogP contribution < -0.4 is 0 Å². The first-order valence-electron chi connectivity index (χ1n) is 3.66. The maximum absolute atomic E-state index is 9.48. The predicted octanol–water partition coefficient (Wildman–Crippen LogP) is 0.425. The molecular weight excluding hydrogens is 258 g/mol. The number of thiazole rings is 1. The van der Waals surface area contributed by atoms with Gasteiger partial charge in [-0.05, 0) is 0 Å². The van der Waals surface area contributed by atoms with Crippen LogP contribution in [-0.2, 0) is 6.61 Å². The zero-order valence-electron chi connectivity index (χ0n) is 6.72. The van der Waals surface area contributed by atoms with Gasteiger partial charge < -0.3 is 15.3 Å². The highest BCUT2D eigenvalue weighted by Crippen LogP contribution is 2.22. The van der Waals surface area contributed by atoms with Crippen LogP contribution in [0.1, 0.15) is 16.8 Å². The lowest BCUT2D eigenvalue weighted by molar-refractivity contribution is 0.0339. The highest BCUT2D eigenvalue weighted by molar-refractivity contribution is 9.09. The van der Waals surface area contributed by atoms with Gasteiger partial charge in [-0.25, -0.2) is 4.98 Å². The van der Waals surface area contributed by atoms with Crippen molar-refractivity contribution >= 4 is 27.3 Å². The molecule has 6 heteroatoms. The Morgan fingerprint density at radius 2 is 2.23 bits per heavy atom. The minimum atomic E-state index is -0.982. The van der Waals surface area contributed by atoms with Crippen LogP contribution in [-0.4, -0.2) is 31.7 Å². The van der Waals surface area contributed by atoms with Gasteiger partial charge in [-0.2, -0.15) is 0 Å². The van der Waals surface area contributed by atoms with E-state index in [2.05, 4.69) is 20.9 Å². The van der Waals surface area contributed by atoms with Gasteiger partial charge in [0.05, 0.1) is 18.4 Å². The number of aliphatic hydroxyl groups excluding tert-OH is 3. The van der Waals surface area contributed by atoms with Crippen LogP contribution in [0.25, 0.3) is 0 Å².